The van der Waals surface area contributed by atoms with Crippen LogP contribution in [0.4, 0.5) is 13.2 Å². The first-order valence-corrected chi connectivity index (χ1v) is 4.54. The van der Waals surface area contributed by atoms with Crippen LogP contribution in [0.5, 0.6) is 0 Å². The molecule has 0 fully saturated rings. The fourth-order valence-corrected chi connectivity index (χ4v) is 1.22. The molecule has 1 aromatic rings. The van der Waals surface area contributed by atoms with Gasteiger partial charge in [0.1, 0.15) is 0 Å². The van der Waals surface area contributed by atoms with E-state index in [1.807, 2.05) is 6.07 Å². The molecule has 1 atom stereocenters. The molecule has 80 valence electrons. The van der Waals surface area contributed by atoms with Gasteiger partial charge in [0.2, 0.25) is 0 Å². The molecule has 0 amide bonds. The molecule has 15 heavy (non-hydrogen) atoms. The molecule has 0 bridgehead atoms. The van der Waals surface area contributed by atoms with Gasteiger partial charge in [0, 0.05) is 17.6 Å². The number of alkyl halides is 3. The topological polar surface area (TPSA) is 36.7 Å². The fraction of sp³-hybridized carbons (Fsp3) is 0.333. The zero-order valence-corrected chi connectivity index (χ0v) is 8.39. The van der Waals surface area contributed by atoms with Crippen molar-refractivity contribution < 1.29 is 13.2 Å². The van der Waals surface area contributed by atoms with Gasteiger partial charge in [-0.25, -0.2) is 0 Å². The van der Waals surface area contributed by atoms with Crippen LogP contribution in [0, 0.1) is 11.3 Å². The minimum atomic E-state index is -4.41. The zero-order chi connectivity index (χ0) is 11.5. The van der Waals surface area contributed by atoms with E-state index in [9.17, 15) is 13.2 Å². The quantitative estimate of drug-likeness (QED) is 0.796. The van der Waals surface area contributed by atoms with Crippen LogP contribution in [0.3, 0.4) is 0 Å². The smallest absolute Gasteiger partial charge is 0.264 e. The molecule has 0 N–H and O–H groups in total. The standard InChI is InChI=1S/C9H7F3N2S/c10-9(11,12)7-3-6(4-14-5-7)8(15)1-2-13/h3-5,8,15H,1H2. The van der Waals surface area contributed by atoms with Crippen molar-refractivity contribution in [3.63, 3.8) is 0 Å². The van der Waals surface area contributed by atoms with E-state index in [2.05, 4.69) is 17.6 Å². The van der Waals surface area contributed by atoms with Crippen LogP contribution in [0.1, 0.15) is 22.8 Å². The van der Waals surface area contributed by atoms with Crippen LogP contribution in [0.25, 0.3) is 0 Å². The predicted octanol–water partition coefficient (Wildman–Crippen LogP) is 2.98. The number of aromatic nitrogens is 1. The van der Waals surface area contributed by atoms with Crippen molar-refractivity contribution in [3.8, 4) is 6.07 Å². The first-order chi connectivity index (χ1) is 6.95. The number of pyridine rings is 1. The van der Waals surface area contributed by atoms with Crippen LogP contribution in [-0.2, 0) is 6.18 Å². The Labute approximate surface area is 90.2 Å². The molecule has 0 aromatic carbocycles. The van der Waals surface area contributed by atoms with Crippen molar-refractivity contribution in [2.45, 2.75) is 17.8 Å². The molecule has 6 heteroatoms. The van der Waals surface area contributed by atoms with Crippen LogP contribution < -0.4 is 0 Å². The third kappa shape index (κ3) is 3.13. The summed E-state index contributed by atoms with van der Waals surface area (Å²) in [5.74, 6) is 0. The number of thiol groups is 1. The van der Waals surface area contributed by atoms with Gasteiger partial charge in [-0.1, -0.05) is 0 Å². The summed E-state index contributed by atoms with van der Waals surface area (Å²) in [6.07, 6.45) is -2.34. The van der Waals surface area contributed by atoms with E-state index < -0.39 is 17.0 Å². The van der Waals surface area contributed by atoms with E-state index in [1.165, 1.54) is 6.20 Å². The first kappa shape index (κ1) is 11.9. The van der Waals surface area contributed by atoms with Crippen LogP contribution in [0.15, 0.2) is 18.5 Å². The Morgan fingerprint density at radius 2 is 2.13 bits per heavy atom. The van der Waals surface area contributed by atoms with Gasteiger partial charge in [-0.2, -0.15) is 31.1 Å². The van der Waals surface area contributed by atoms with Crippen molar-refractivity contribution in [2.75, 3.05) is 0 Å². The summed E-state index contributed by atoms with van der Waals surface area (Å²) in [4.78, 5) is 3.48. The Kier molecular flexibility index (Phi) is 3.58. The molecule has 2 nitrogen and oxygen atoms in total. The molecule has 0 radical (unpaired) electrons. The van der Waals surface area contributed by atoms with Crippen LogP contribution in [0.2, 0.25) is 0 Å². The van der Waals surface area contributed by atoms with Gasteiger partial charge in [-0.15, -0.1) is 0 Å². The molecule has 1 heterocycles. The van der Waals surface area contributed by atoms with Crippen molar-refractivity contribution in [3.05, 3.63) is 29.6 Å². The average molecular weight is 232 g/mol. The minimum absolute atomic E-state index is 0.0477. The number of nitrogens with zero attached hydrogens (tertiary/aromatic N) is 2. The third-order valence-corrected chi connectivity index (χ3v) is 2.24. The highest BCUT2D eigenvalue weighted by atomic mass is 32.1. The van der Waals surface area contributed by atoms with Crippen LogP contribution in [-0.4, -0.2) is 4.98 Å². The van der Waals surface area contributed by atoms with E-state index in [1.54, 1.807) is 0 Å². The predicted molar refractivity (Wildman–Crippen MR) is 51.2 cm³/mol. The van der Waals surface area contributed by atoms with Crippen molar-refractivity contribution >= 4 is 12.6 Å². The third-order valence-electron chi connectivity index (χ3n) is 1.76. The lowest BCUT2D eigenvalue weighted by Crippen LogP contribution is -2.06. The van der Waals surface area contributed by atoms with Gasteiger partial charge < -0.3 is 0 Å². The molecule has 0 spiro atoms. The van der Waals surface area contributed by atoms with E-state index in [4.69, 9.17) is 5.26 Å². The Morgan fingerprint density at radius 1 is 1.47 bits per heavy atom. The highest BCUT2D eigenvalue weighted by Crippen LogP contribution is 2.31. The summed E-state index contributed by atoms with van der Waals surface area (Å²) in [6.45, 7) is 0. The maximum absolute atomic E-state index is 12.3. The summed E-state index contributed by atoms with van der Waals surface area (Å²) in [5.41, 5.74) is -0.522. The highest BCUT2D eigenvalue weighted by molar-refractivity contribution is 7.80. The Hall–Kier alpha value is -1.22. The molecule has 0 aliphatic rings. The van der Waals surface area contributed by atoms with Gasteiger partial charge in [0.25, 0.3) is 0 Å². The molecule has 0 aliphatic heterocycles. The summed E-state index contributed by atoms with van der Waals surface area (Å²) < 4.78 is 36.9. The van der Waals surface area contributed by atoms with E-state index in [-0.39, 0.29) is 6.42 Å². The summed E-state index contributed by atoms with van der Waals surface area (Å²) >= 11 is 4.01. The van der Waals surface area contributed by atoms with Gasteiger partial charge >= 0.3 is 6.18 Å². The van der Waals surface area contributed by atoms with Gasteiger partial charge in [0.15, 0.2) is 0 Å². The fourth-order valence-electron chi connectivity index (χ4n) is 0.999. The lowest BCUT2D eigenvalue weighted by atomic mass is 10.1. The molecule has 0 aliphatic carbocycles. The maximum atomic E-state index is 12.3. The molecule has 1 unspecified atom stereocenters. The summed E-state index contributed by atoms with van der Waals surface area (Å²) in [5, 5.41) is 7.85. The molecular formula is C9H7F3N2S. The van der Waals surface area contributed by atoms with Crippen LogP contribution >= 0.6 is 12.6 Å². The van der Waals surface area contributed by atoms with Gasteiger partial charge in [-0.3, -0.25) is 4.98 Å². The summed E-state index contributed by atoms with van der Waals surface area (Å²) in [7, 11) is 0. The average Bonchev–Trinajstić information content (AvgIpc) is 2.17. The Morgan fingerprint density at radius 3 is 2.67 bits per heavy atom. The van der Waals surface area contributed by atoms with E-state index >= 15 is 0 Å². The molecule has 1 rings (SSSR count). The van der Waals surface area contributed by atoms with Crippen molar-refractivity contribution in [1.29, 1.82) is 5.26 Å². The number of hydrogen-bond donors (Lipinski definition) is 1. The van der Waals surface area contributed by atoms with E-state index in [0.717, 1.165) is 12.3 Å². The largest absolute Gasteiger partial charge is 0.417 e. The zero-order valence-electron chi connectivity index (χ0n) is 7.49. The van der Waals surface area contributed by atoms with E-state index in [0.29, 0.717) is 5.56 Å². The number of halogens is 3. The lowest BCUT2D eigenvalue weighted by Gasteiger charge is -2.10. The Balaban J connectivity index is 2.99. The van der Waals surface area contributed by atoms with Gasteiger partial charge in [0.05, 0.1) is 18.1 Å². The number of nitriles is 1. The number of rotatable bonds is 2. The van der Waals surface area contributed by atoms with Crippen molar-refractivity contribution in [2.24, 2.45) is 0 Å². The monoisotopic (exact) mass is 232 g/mol. The SMILES string of the molecule is N#CCC(S)c1cncc(C(F)(F)F)c1. The Bertz CT molecular complexity index is 384. The second-order valence-corrected chi connectivity index (χ2v) is 3.51. The normalized spacial score (nSPS) is 13.3. The van der Waals surface area contributed by atoms with Crippen molar-refractivity contribution in [1.82, 2.24) is 4.98 Å². The molecule has 0 saturated carbocycles. The molecular weight excluding hydrogens is 225 g/mol. The summed E-state index contributed by atoms with van der Waals surface area (Å²) in [6, 6.07) is 2.80. The second kappa shape index (κ2) is 4.53. The maximum Gasteiger partial charge on any atom is 0.417 e. The molecule has 0 saturated heterocycles. The second-order valence-electron chi connectivity index (χ2n) is 2.88. The highest BCUT2D eigenvalue weighted by Gasteiger charge is 2.31. The molecule has 1 aromatic heterocycles. The lowest BCUT2D eigenvalue weighted by molar-refractivity contribution is -0.137. The number of hydrogen-bond acceptors (Lipinski definition) is 3. The minimum Gasteiger partial charge on any atom is -0.264 e. The van der Waals surface area contributed by atoms with Gasteiger partial charge in [-0.05, 0) is 11.6 Å². The first-order valence-electron chi connectivity index (χ1n) is 4.02.